The van der Waals surface area contributed by atoms with Crippen LogP contribution in [0.2, 0.25) is 0 Å². The zero-order chi connectivity index (χ0) is 19.4. The Hall–Kier alpha value is -1.91. The molecule has 3 rings (SSSR count). The van der Waals surface area contributed by atoms with E-state index in [1.165, 1.54) is 16.7 Å². The molecule has 0 amide bonds. The number of nitrogens with zero attached hydrogens (tertiary/aromatic N) is 3. The van der Waals surface area contributed by atoms with Crippen LogP contribution in [0.3, 0.4) is 0 Å². The van der Waals surface area contributed by atoms with Crippen molar-refractivity contribution in [2.75, 3.05) is 26.7 Å². The van der Waals surface area contributed by atoms with Crippen LogP contribution in [0.4, 0.5) is 0 Å². The Kier molecular flexibility index (Phi) is 6.51. The van der Waals surface area contributed by atoms with Crippen LogP contribution in [0.1, 0.15) is 56.3 Å². The second kappa shape index (κ2) is 8.85. The fourth-order valence-electron chi connectivity index (χ4n) is 4.15. The Morgan fingerprint density at radius 2 is 1.89 bits per heavy atom. The maximum atomic E-state index is 5.29. The number of pyridine rings is 1. The highest BCUT2D eigenvalue weighted by Crippen LogP contribution is 2.33. The number of ether oxygens (including phenoxy) is 1. The largest absolute Gasteiger partial charge is 0.481 e. The van der Waals surface area contributed by atoms with Gasteiger partial charge >= 0.3 is 0 Å². The normalized spacial score (nSPS) is 19.0. The minimum atomic E-state index is 0.432. The molecule has 1 unspecified atom stereocenters. The highest BCUT2D eigenvalue weighted by molar-refractivity contribution is 5.33. The van der Waals surface area contributed by atoms with Gasteiger partial charge in [-0.2, -0.15) is 0 Å². The summed E-state index contributed by atoms with van der Waals surface area (Å²) in [4.78, 5) is 9.45. The first-order valence-corrected chi connectivity index (χ1v) is 10.1. The fraction of sp³-hybridized carbons (Fsp3) is 0.522. The van der Waals surface area contributed by atoms with Crippen molar-refractivity contribution in [2.24, 2.45) is 0 Å². The molecule has 1 aliphatic heterocycles. The molecule has 1 aromatic carbocycles. The average Bonchev–Trinajstić information content (AvgIpc) is 2.68. The third kappa shape index (κ3) is 4.69. The van der Waals surface area contributed by atoms with Crippen LogP contribution in [0.15, 0.2) is 42.6 Å². The molecular formula is C23H33N3O. The first kappa shape index (κ1) is 19.8. The summed E-state index contributed by atoms with van der Waals surface area (Å²) in [5.74, 6) is 1.23. The van der Waals surface area contributed by atoms with E-state index in [1.807, 2.05) is 12.3 Å². The smallest absolute Gasteiger partial charge is 0.213 e. The van der Waals surface area contributed by atoms with Crippen molar-refractivity contribution in [3.8, 4) is 5.88 Å². The van der Waals surface area contributed by atoms with E-state index in [-0.39, 0.29) is 0 Å². The van der Waals surface area contributed by atoms with E-state index >= 15 is 0 Å². The average molecular weight is 368 g/mol. The molecule has 0 N–H and O–H groups in total. The maximum absolute atomic E-state index is 5.29. The minimum absolute atomic E-state index is 0.432. The minimum Gasteiger partial charge on any atom is -0.481 e. The summed E-state index contributed by atoms with van der Waals surface area (Å²) in [6, 6.07) is 14.1. The lowest BCUT2D eigenvalue weighted by atomic mass is 9.90. The van der Waals surface area contributed by atoms with E-state index in [4.69, 9.17) is 4.74 Å². The van der Waals surface area contributed by atoms with E-state index in [0.717, 1.165) is 26.2 Å². The van der Waals surface area contributed by atoms with Crippen LogP contribution >= 0.6 is 0 Å². The summed E-state index contributed by atoms with van der Waals surface area (Å²) < 4.78 is 5.29. The van der Waals surface area contributed by atoms with Crippen LogP contribution in [0.25, 0.3) is 0 Å². The maximum Gasteiger partial charge on any atom is 0.213 e. The van der Waals surface area contributed by atoms with Gasteiger partial charge < -0.3 is 4.74 Å². The lowest BCUT2D eigenvalue weighted by molar-refractivity contribution is 0.0462. The van der Waals surface area contributed by atoms with Gasteiger partial charge in [0.25, 0.3) is 0 Å². The zero-order valence-electron chi connectivity index (χ0n) is 17.4. The summed E-state index contributed by atoms with van der Waals surface area (Å²) >= 11 is 0. The standard InChI is InChI=1S/C23H33N3O/c1-17(2)20-8-6-7-9-21(20)22-16-25(12-13-26(22)18(3)4)15-19-10-11-24-23(14-19)27-5/h6-11,14,17-18,22H,12-13,15-16H2,1-5H3. The van der Waals surface area contributed by atoms with Crippen molar-refractivity contribution in [3.05, 3.63) is 59.3 Å². The van der Waals surface area contributed by atoms with Gasteiger partial charge in [-0.25, -0.2) is 4.98 Å². The van der Waals surface area contributed by atoms with Gasteiger partial charge in [-0.05, 0) is 42.5 Å². The molecule has 0 saturated carbocycles. The highest BCUT2D eigenvalue weighted by Gasteiger charge is 2.31. The van der Waals surface area contributed by atoms with Crippen molar-refractivity contribution >= 4 is 0 Å². The Labute approximate surface area is 164 Å². The summed E-state index contributed by atoms with van der Waals surface area (Å²) in [5, 5.41) is 0. The van der Waals surface area contributed by atoms with E-state index in [0.29, 0.717) is 23.9 Å². The molecule has 27 heavy (non-hydrogen) atoms. The predicted octanol–water partition coefficient (Wildman–Crippen LogP) is 4.48. The summed E-state index contributed by atoms with van der Waals surface area (Å²) in [5.41, 5.74) is 4.22. The van der Waals surface area contributed by atoms with Crippen molar-refractivity contribution in [2.45, 2.75) is 52.2 Å². The number of piperazine rings is 1. The number of hydrogen-bond donors (Lipinski definition) is 0. The van der Waals surface area contributed by atoms with Gasteiger partial charge in [0, 0.05) is 50.5 Å². The molecule has 4 nitrogen and oxygen atoms in total. The molecule has 1 aliphatic rings. The Bertz CT molecular complexity index is 744. The van der Waals surface area contributed by atoms with E-state index in [9.17, 15) is 0 Å². The summed E-state index contributed by atoms with van der Waals surface area (Å²) in [6.07, 6.45) is 1.84. The van der Waals surface area contributed by atoms with Gasteiger partial charge in [0.05, 0.1) is 7.11 Å². The van der Waals surface area contributed by atoms with Crippen LogP contribution in [0.5, 0.6) is 5.88 Å². The molecule has 1 saturated heterocycles. The van der Waals surface area contributed by atoms with Crippen LogP contribution in [-0.2, 0) is 6.54 Å². The number of benzene rings is 1. The zero-order valence-corrected chi connectivity index (χ0v) is 17.4. The van der Waals surface area contributed by atoms with Gasteiger partial charge in [-0.1, -0.05) is 38.1 Å². The molecule has 2 aromatic rings. The summed E-state index contributed by atoms with van der Waals surface area (Å²) in [6.45, 7) is 13.4. The summed E-state index contributed by atoms with van der Waals surface area (Å²) in [7, 11) is 1.67. The van der Waals surface area contributed by atoms with Crippen LogP contribution in [0, 0.1) is 0 Å². The quantitative estimate of drug-likeness (QED) is 0.753. The molecule has 1 aromatic heterocycles. The SMILES string of the molecule is COc1cc(CN2CCN(C(C)C)C(c3ccccc3C(C)C)C2)ccn1. The lowest BCUT2D eigenvalue weighted by Crippen LogP contribution is -2.50. The topological polar surface area (TPSA) is 28.6 Å². The third-order valence-corrected chi connectivity index (χ3v) is 5.56. The first-order chi connectivity index (χ1) is 13.0. The monoisotopic (exact) mass is 367 g/mol. The molecule has 0 spiro atoms. The van der Waals surface area contributed by atoms with Crippen LogP contribution < -0.4 is 4.74 Å². The number of rotatable bonds is 6. The van der Waals surface area contributed by atoms with E-state index < -0.39 is 0 Å². The van der Waals surface area contributed by atoms with Gasteiger partial charge in [-0.3, -0.25) is 9.80 Å². The molecule has 1 fully saturated rings. The van der Waals surface area contributed by atoms with Crippen LogP contribution in [-0.4, -0.2) is 47.6 Å². The molecule has 0 bridgehead atoms. The molecule has 4 heteroatoms. The van der Waals surface area contributed by atoms with E-state index in [1.54, 1.807) is 7.11 Å². The highest BCUT2D eigenvalue weighted by atomic mass is 16.5. The van der Waals surface area contributed by atoms with Crippen molar-refractivity contribution in [1.82, 2.24) is 14.8 Å². The van der Waals surface area contributed by atoms with Gasteiger partial charge in [-0.15, -0.1) is 0 Å². The second-order valence-corrected chi connectivity index (χ2v) is 8.07. The Morgan fingerprint density at radius 1 is 1.11 bits per heavy atom. The second-order valence-electron chi connectivity index (χ2n) is 8.07. The van der Waals surface area contributed by atoms with Crippen molar-refractivity contribution in [1.29, 1.82) is 0 Å². The first-order valence-electron chi connectivity index (χ1n) is 10.1. The Morgan fingerprint density at radius 3 is 2.59 bits per heavy atom. The van der Waals surface area contributed by atoms with Gasteiger partial charge in [0.2, 0.25) is 5.88 Å². The predicted molar refractivity (Wildman–Crippen MR) is 111 cm³/mol. The molecule has 146 valence electrons. The third-order valence-electron chi connectivity index (χ3n) is 5.56. The lowest BCUT2D eigenvalue weighted by Gasteiger charge is -2.44. The number of aromatic nitrogens is 1. The molecular weight excluding hydrogens is 334 g/mol. The fourth-order valence-corrected chi connectivity index (χ4v) is 4.15. The molecule has 2 heterocycles. The molecule has 1 atom stereocenters. The van der Waals surface area contributed by atoms with Gasteiger partial charge in [0.1, 0.15) is 0 Å². The molecule has 0 radical (unpaired) electrons. The Balaban J connectivity index is 1.84. The van der Waals surface area contributed by atoms with Gasteiger partial charge in [0.15, 0.2) is 0 Å². The molecule has 0 aliphatic carbocycles. The van der Waals surface area contributed by atoms with E-state index in [2.05, 4.69) is 72.8 Å². The van der Waals surface area contributed by atoms with Crippen molar-refractivity contribution in [3.63, 3.8) is 0 Å². The number of methoxy groups -OCH3 is 1. The number of hydrogen-bond acceptors (Lipinski definition) is 4. The van der Waals surface area contributed by atoms with Crippen molar-refractivity contribution < 1.29 is 4.74 Å².